The average molecular weight is 290 g/mol. The van der Waals surface area contributed by atoms with Gasteiger partial charge >= 0.3 is 5.97 Å². The second kappa shape index (κ2) is 9.59. The van der Waals surface area contributed by atoms with Gasteiger partial charge < -0.3 is 4.74 Å². The van der Waals surface area contributed by atoms with Crippen LogP contribution in [0.1, 0.15) is 62.6 Å². The first-order valence-corrected chi connectivity index (χ1v) is 8.21. The summed E-state index contributed by atoms with van der Waals surface area (Å²) in [4.78, 5) is 11.8. The summed E-state index contributed by atoms with van der Waals surface area (Å²) >= 11 is 0. The molecule has 21 heavy (non-hydrogen) atoms. The van der Waals surface area contributed by atoms with Crippen molar-refractivity contribution >= 4 is 5.97 Å². The van der Waals surface area contributed by atoms with Crippen molar-refractivity contribution in [1.29, 1.82) is 0 Å². The molecular formula is C19H30O2. The fourth-order valence-corrected chi connectivity index (χ4v) is 2.40. The molecule has 0 aliphatic carbocycles. The number of carbonyl (C=O) groups is 1. The molecule has 0 saturated carbocycles. The molecule has 0 aliphatic heterocycles. The highest BCUT2D eigenvalue weighted by molar-refractivity contribution is 5.73. The number of benzene rings is 1. The molecule has 0 fully saturated rings. The van der Waals surface area contributed by atoms with E-state index in [1.807, 2.05) is 12.1 Å². The van der Waals surface area contributed by atoms with Gasteiger partial charge in [0.1, 0.15) is 0 Å². The van der Waals surface area contributed by atoms with Gasteiger partial charge in [-0.05, 0) is 42.9 Å². The van der Waals surface area contributed by atoms with Gasteiger partial charge in [-0.15, -0.1) is 0 Å². The van der Waals surface area contributed by atoms with E-state index < -0.39 is 0 Å². The van der Waals surface area contributed by atoms with Crippen LogP contribution >= 0.6 is 0 Å². The van der Waals surface area contributed by atoms with Crippen LogP contribution in [0, 0.1) is 19.8 Å². The second-order valence-corrected chi connectivity index (χ2v) is 6.35. The summed E-state index contributed by atoms with van der Waals surface area (Å²) in [6, 6.07) is 6.08. The molecule has 0 amide bonds. The van der Waals surface area contributed by atoms with Crippen LogP contribution in [0.15, 0.2) is 18.2 Å². The number of esters is 1. The smallest absolute Gasteiger partial charge is 0.310 e. The van der Waals surface area contributed by atoms with Crippen LogP contribution in [0.25, 0.3) is 0 Å². The van der Waals surface area contributed by atoms with Crippen molar-refractivity contribution in [3.05, 3.63) is 34.9 Å². The lowest BCUT2D eigenvalue weighted by Gasteiger charge is -2.09. The summed E-state index contributed by atoms with van der Waals surface area (Å²) in [6.07, 6.45) is 6.36. The maximum atomic E-state index is 11.8. The van der Waals surface area contributed by atoms with E-state index in [0.29, 0.717) is 13.0 Å². The number of rotatable bonds is 9. The lowest BCUT2D eigenvalue weighted by atomic mass is 10.0. The maximum Gasteiger partial charge on any atom is 0.310 e. The van der Waals surface area contributed by atoms with E-state index in [1.165, 1.54) is 30.4 Å². The Morgan fingerprint density at radius 3 is 2.52 bits per heavy atom. The molecular weight excluding hydrogens is 260 g/mol. The Balaban J connectivity index is 2.16. The van der Waals surface area contributed by atoms with E-state index >= 15 is 0 Å². The van der Waals surface area contributed by atoms with Crippen molar-refractivity contribution in [2.24, 2.45) is 5.92 Å². The normalized spacial score (nSPS) is 10.9. The summed E-state index contributed by atoms with van der Waals surface area (Å²) in [5, 5.41) is 0. The molecule has 0 heterocycles. The lowest BCUT2D eigenvalue weighted by molar-refractivity contribution is -0.142. The van der Waals surface area contributed by atoms with Crippen molar-refractivity contribution in [2.75, 3.05) is 6.61 Å². The summed E-state index contributed by atoms with van der Waals surface area (Å²) in [6.45, 7) is 9.21. The molecule has 0 spiro atoms. The SMILES string of the molecule is Cc1cccc(CC(=O)OCCCCCCC(C)C)c1C. The zero-order chi connectivity index (χ0) is 15.7. The predicted octanol–water partition coefficient (Wildman–Crippen LogP) is 5.00. The van der Waals surface area contributed by atoms with Gasteiger partial charge in [-0.3, -0.25) is 4.79 Å². The van der Waals surface area contributed by atoms with Crippen molar-refractivity contribution in [2.45, 2.75) is 66.2 Å². The second-order valence-electron chi connectivity index (χ2n) is 6.35. The molecule has 0 saturated heterocycles. The molecule has 0 aliphatic rings. The molecule has 0 radical (unpaired) electrons. The largest absolute Gasteiger partial charge is 0.465 e. The van der Waals surface area contributed by atoms with Crippen molar-refractivity contribution in [3.8, 4) is 0 Å². The number of carbonyl (C=O) groups excluding carboxylic acids is 1. The molecule has 2 nitrogen and oxygen atoms in total. The van der Waals surface area contributed by atoms with Gasteiger partial charge in [0.25, 0.3) is 0 Å². The molecule has 0 aromatic heterocycles. The zero-order valence-corrected chi connectivity index (χ0v) is 14.1. The minimum Gasteiger partial charge on any atom is -0.465 e. The Kier molecular flexibility index (Phi) is 8.11. The molecule has 118 valence electrons. The number of hydrogen-bond acceptors (Lipinski definition) is 2. The standard InChI is InChI=1S/C19H30O2/c1-15(2)10-7-5-6-8-13-21-19(20)14-18-12-9-11-16(3)17(18)4/h9,11-12,15H,5-8,10,13-14H2,1-4H3. The molecule has 0 atom stereocenters. The van der Waals surface area contributed by atoms with Gasteiger partial charge in [-0.25, -0.2) is 0 Å². The van der Waals surface area contributed by atoms with Gasteiger partial charge in [-0.2, -0.15) is 0 Å². The van der Waals surface area contributed by atoms with Crippen LogP contribution in [0.5, 0.6) is 0 Å². The minimum absolute atomic E-state index is 0.106. The minimum atomic E-state index is -0.106. The number of hydrogen-bond donors (Lipinski definition) is 0. The molecule has 1 rings (SSSR count). The topological polar surface area (TPSA) is 26.3 Å². The van der Waals surface area contributed by atoms with Crippen LogP contribution in [0.4, 0.5) is 0 Å². The van der Waals surface area contributed by atoms with Crippen LogP contribution in [0.2, 0.25) is 0 Å². The zero-order valence-electron chi connectivity index (χ0n) is 14.1. The van der Waals surface area contributed by atoms with Gasteiger partial charge in [0, 0.05) is 0 Å². The Labute approximate surface area is 129 Å². The Hall–Kier alpha value is -1.31. The summed E-state index contributed by atoms with van der Waals surface area (Å²) < 4.78 is 5.33. The van der Waals surface area contributed by atoms with Crippen molar-refractivity contribution < 1.29 is 9.53 Å². The first kappa shape index (κ1) is 17.7. The fourth-order valence-electron chi connectivity index (χ4n) is 2.40. The van der Waals surface area contributed by atoms with Gasteiger partial charge in [0.2, 0.25) is 0 Å². The third kappa shape index (κ3) is 7.31. The molecule has 0 bridgehead atoms. The van der Waals surface area contributed by atoms with Crippen LogP contribution < -0.4 is 0 Å². The first-order chi connectivity index (χ1) is 10.0. The quantitative estimate of drug-likeness (QED) is 0.473. The van der Waals surface area contributed by atoms with E-state index in [4.69, 9.17) is 4.74 Å². The highest BCUT2D eigenvalue weighted by atomic mass is 16.5. The highest BCUT2D eigenvalue weighted by Gasteiger charge is 2.08. The Bertz CT molecular complexity index is 435. The predicted molar refractivity (Wildman–Crippen MR) is 88.5 cm³/mol. The Morgan fingerprint density at radius 2 is 1.81 bits per heavy atom. The lowest BCUT2D eigenvalue weighted by Crippen LogP contribution is -2.10. The van der Waals surface area contributed by atoms with Crippen molar-refractivity contribution in [1.82, 2.24) is 0 Å². The number of ether oxygens (including phenoxy) is 1. The van der Waals surface area contributed by atoms with Gasteiger partial charge in [0.15, 0.2) is 0 Å². The summed E-state index contributed by atoms with van der Waals surface area (Å²) in [5.74, 6) is 0.686. The maximum absolute atomic E-state index is 11.8. The monoisotopic (exact) mass is 290 g/mol. The molecule has 1 aromatic carbocycles. The average Bonchev–Trinajstić information content (AvgIpc) is 2.42. The van der Waals surface area contributed by atoms with Crippen LogP contribution in [-0.4, -0.2) is 12.6 Å². The molecule has 0 unspecified atom stereocenters. The fraction of sp³-hybridized carbons (Fsp3) is 0.632. The number of unbranched alkanes of at least 4 members (excludes halogenated alkanes) is 3. The third-order valence-corrected chi connectivity index (χ3v) is 3.99. The molecule has 0 N–H and O–H groups in total. The first-order valence-electron chi connectivity index (χ1n) is 8.21. The Morgan fingerprint density at radius 1 is 1.10 bits per heavy atom. The molecule has 1 aromatic rings. The highest BCUT2D eigenvalue weighted by Crippen LogP contribution is 2.14. The van der Waals surface area contributed by atoms with Gasteiger partial charge in [-0.1, -0.05) is 57.7 Å². The van der Waals surface area contributed by atoms with E-state index in [9.17, 15) is 4.79 Å². The molecule has 2 heteroatoms. The van der Waals surface area contributed by atoms with Gasteiger partial charge in [0.05, 0.1) is 13.0 Å². The summed E-state index contributed by atoms with van der Waals surface area (Å²) in [7, 11) is 0. The third-order valence-electron chi connectivity index (χ3n) is 3.99. The summed E-state index contributed by atoms with van der Waals surface area (Å²) in [5.41, 5.74) is 3.51. The van der Waals surface area contributed by atoms with E-state index in [2.05, 4.69) is 33.8 Å². The number of aryl methyl sites for hydroxylation is 1. The van der Waals surface area contributed by atoms with E-state index in [1.54, 1.807) is 0 Å². The van der Waals surface area contributed by atoms with Crippen LogP contribution in [0.3, 0.4) is 0 Å². The van der Waals surface area contributed by atoms with E-state index in [0.717, 1.165) is 24.3 Å². The van der Waals surface area contributed by atoms with E-state index in [-0.39, 0.29) is 5.97 Å². The van der Waals surface area contributed by atoms with Crippen molar-refractivity contribution in [3.63, 3.8) is 0 Å². The van der Waals surface area contributed by atoms with Crippen LogP contribution in [-0.2, 0) is 16.0 Å².